The maximum absolute atomic E-state index is 13.5. The molecule has 0 unspecified atom stereocenters. The molecule has 1 amide bonds. The number of aromatic nitrogens is 5. The molecule has 1 saturated heterocycles. The van der Waals surface area contributed by atoms with E-state index in [9.17, 15) is 4.79 Å². The quantitative estimate of drug-likeness (QED) is 0.614. The van der Waals surface area contributed by atoms with Crippen molar-refractivity contribution >= 4 is 23.3 Å². The minimum Gasteiger partial charge on any atom is -0.334 e. The number of nitrogens with zero attached hydrogens (tertiary/aromatic N) is 7. The molecule has 1 aliphatic heterocycles. The maximum Gasteiger partial charge on any atom is 0.256 e. The molecule has 0 spiro atoms. The molecule has 1 aliphatic rings. The van der Waals surface area contributed by atoms with Crippen molar-refractivity contribution in [3.63, 3.8) is 0 Å². The second-order valence-electron chi connectivity index (χ2n) is 7.37. The molecule has 1 aromatic carbocycles. The SMILES string of the molecule is CCc1cc(N2CCN(C(=O)c3cc(Cl)ccc3-n3nccn3)C[C@H](C)O2)nc(C)n1. The number of amides is 1. The van der Waals surface area contributed by atoms with E-state index >= 15 is 0 Å². The lowest BCUT2D eigenvalue weighted by atomic mass is 10.1. The van der Waals surface area contributed by atoms with Crippen molar-refractivity contribution in [2.24, 2.45) is 0 Å². The van der Waals surface area contributed by atoms with Gasteiger partial charge in [-0.15, -0.1) is 0 Å². The van der Waals surface area contributed by atoms with Crippen molar-refractivity contribution in [1.82, 2.24) is 29.9 Å². The molecule has 9 nitrogen and oxygen atoms in total. The standard InChI is InChI=1S/C21H24ClN7O2/c1-4-17-12-20(26-15(3)25-17)28-10-9-27(13-14(2)31-28)21(30)18-11-16(22)5-6-19(18)29-23-7-8-24-29/h5-8,11-12,14H,4,9-10,13H2,1-3H3/t14-/m0/s1. The van der Waals surface area contributed by atoms with Crippen LogP contribution in [0.15, 0.2) is 36.7 Å². The van der Waals surface area contributed by atoms with Crippen LogP contribution in [0.5, 0.6) is 0 Å². The highest BCUT2D eigenvalue weighted by Gasteiger charge is 2.28. The third-order valence-electron chi connectivity index (χ3n) is 4.96. The molecular formula is C21H24ClN7O2. The Bertz CT molecular complexity index is 1070. The third-order valence-corrected chi connectivity index (χ3v) is 5.20. The monoisotopic (exact) mass is 441 g/mol. The minimum absolute atomic E-state index is 0.153. The summed E-state index contributed by atoms with van der Waals surface area (Å²) in [4.78, 5) is 31.7. The average Bonchev–Trinajstić information content (AvgIpc) is 3.21. The van der Waals surface area contributed by atoms with Gasteiger partial charge in [0, 0.05) is 29.9 Å². The number of carbonyl (C=O) groups excluding carboxylic acids is 1. The molecule has 1 fully saturated rings. The first-order chi connectivity index (χ1) is 14.9. The van der Waals surface area contributed by atoms with E-state index in [-0.39, 0.29) is 12.0 Å². The summed E-state index contributed by atoms with van der Waals surface area (Å²) in [6.07, 6.45) is 3.72. The lowest BCUT2D eigenvalue weighted by Crippen LogP contribution is -2.37. The molecule has 3 aromatic rings. The van der Waals surface area contributed by atoms with Gasteiger partial charge < -0.3 is 4.90 Å². The molecule has 1 atom stereocenters. The van der Waals surface area contributed by atoms with Gasteiger partial charge in [0.15, 0.2) is 5.82 Å². The van der Waals surface area contributed by atoms with Crippen LogP contribution in [0.3, 0.4) is 0 Å². The average molecular weight is 442 g/mol. The number of carbonyl (C=O) groups is 1. The van der Waals surface area contributed by atoms with E-state index in [4.69, 9.17) is 16.4 Å². The van der Waals surface area contributed by atoms with Gasteiger partial charge in [0.25, 0.3) is 5.91 Å². The normalized spacial score (nSPS) is 17.0. The molecular weight excluding hydrogens is 418 g/mol. The van der Waals surface area contributed by atoms with Crippen LogP contribution in [0.4, 0.5) is 5.82 Å². The van der Waals surface area contributed by atoms with Gasteiger partial charge in [-0.3, -0.25) is 9.63 Å². The molecule has 0 saturated carbocycles. The van der Waals surface area contributed by atoms with Crippen LogP contribution in [0, 0.1) is 6.92 Å². The summed E-state index contributed by atoms with van der Waals surface area (Å²) in [5, 5.41) is 10.5. The van der Waals surface area contributed by atoms with Crippen LogP contribution in [0.2, 0.25) is 5.02 Å². The van der Waals surface area contributed by atoms with Crippen LogP contribution >= 0.6 is 11.6 Å². The minimum atomic E-state index is -0.225. The summed E-state index contributed by atoms with van der Waals surface area (Å²) in [6, 6.07) is 7.04. The van der Waals surface area contributed by atoms with E-state index in [1.54, 1.807) is 40.6 Å². The Kier molecular flexibility index (Phi) is 6.15. The number of aryl methyl sites for hydroxylation is 2. The van der Waals surface area contributed by atoms with Crippen LogP contribution < -0.4 is 5.06 Å². The van der Waals surface area contributed by atoms with E-state index < -0.39 is 0 Å². The topological polar surface area (TPSA) is 89.3 Å². The van der Waals surface area contributed by atoms with E-state index in [0.717, 1.165) is 12.1 Å². The summed E-state index contributed by atoms with van der Waals surface area (Å²) in [7, 11) is 0. The molecule has 0 N–H and O–H groups in total. The summed E-state index contributed by atoms with van der Waals surface area (Å²) in [5.74, 6) is 1.24. The highest BCUT2D eigenvalue weighted by Crippen LogP contribution is 2.23. The van der Waals surface area contributed by atoms with Crippen LogP contribution in [-0.2, 0) is 11.3 Å². The molecule has 3 heterocycles. The van der Waals surface area contributed by atoms with Crippen molar-refractivity contribution in [1.29, 1.82) is 0 Å². The van der Waals surface area contributed by atoms with Crippen LogP contribution in [-0.4, -0.2) is 61.5 Å². The maximum atomic E-state index is 13.5. The Morgan fingerprint density at radius 1 is 1.19 bits per heavy atom. The lowest BCUT2D eigenvalue weighted by molar-refractivity contribution is 0.0422. The zero-order chi connectivity index (χ0) is 22.0. The molecule has 4 rings (SSSR count). The van der Waals surface area contributed by atoms with E-state index in [0.29, 0.717) is 47.6 Å². The van der Waals surface area contributed by atoms with Crippen molar-refractivity contribution in [3.8, 4) is 5.69 Å². The molecule has 10 heteroatoms. The number of rotatable bonds is 4. The molecule has 0 radical (unpaired) electrons. The zero-order valence-electron chi connectivity index (χ0n) is 17.7. The fourth-order valence-corrected chi connectivity index (χ4v) is 3.73. The first-order valence-corrected chi connectivity index (χ1v) is 10.6. The lowest BCUT2D eigenvalue weighted by Gasteiger charge is -2.23. The first kappa shape index (κ1) is 21.2. The molecule has 0 bridgehead atoms. The summed E-state index contributed by atoms with van der Waals surface area (Å²) in [5.41, 5.74) is 1.97. The summed E-state index contributed by atoms with van der Waals surface area (Å²) >= 11 is 6.20. The number of hydrogen-bond acceptors (Lipinski definition) is 7. The molecule has 0 aliphatic carbocycles. The second kappa shape index (κ2) is 8.99. The first-order valence-electron chi connectivity index (χ1n) is 10.2. The number of hydrogen-bond donors (Lipinski definition) is 0. The summed E-state index contributed by atoms with van der Waals surface area (Å²) in [6.45, 7) is 7.22. The van der Waals surface area contributed by atoms with Gasteiger partial charge in [-0.2, -0.15) is 15.0 Å². The largest absolute Gasteiger partial charge is 0.334 e. The molecule has 162 valence electrons. The van der Waals surface area contributed by atoms with Gasteiger partial charge in [-0.05, 0) is 38.5 Å². The smallest absolute Gasteiger partial charge is 0.256 e. The predicted octanol–water partition coefficient (Wildman–Crippen LogP) is 2.86. The fourth-order valence-electron chi connectivity index (χ4n) is 3.55. The number of anilines is 1. The van der Waals surface area contributed by atoms with Crippen molar-refractivity contribution in [2.45, 2.75) is 33.3 Å². The number of benzene rings is 1. The molecule has 2 aromatic heterocycles. The number of hydroxylamine groups is 1. The number of halogens is 1. The van der Waals surface area contributed by atoms with Gasteiger partial charge in [0.2, 0.25) is 0 Å². The molecule has 31 heavy (non-hydrogen) atoms. The van der Waals surface area contributed by atoms with E-state index in [1.807, 2.05) is 19.9 Å². The predicted molar refractivity (Wildman–Crippen MR) is 116 cm³/mol. The Hall–Kier alpha value is -3.04. The highest BCUT2D eigenvalue weighted by atomic mass is 35.5. The Morgan fingerprint density at radius 3 is 2.71 bits per heavy atom. The second-order valence-corrected chi connectivity index (χ2v) is 7.80. The summed E-state index contributed by atoms with van der Waals surface area (Å²) < 4.78 is 0. The van der Waals surface area contributed by atoms with Crippen LogP contribution in [0.25, 0.3) is 5.69 Å². The Morgan fingerprint density at radius 2 is 1.97 bits per heavy atom. The van der Waals surface area contributed by atoms with Gasteiger partial charge in [0.05, 0.1) is 30.2 Å². The Labute approximate surface area is 185 Å². The Balaban J connectivity index is 1.59. The van der Waals surface area contributed by atoms with E-state index in [2.05, 4.69) is 27.1 Å². The van der Waals surface area contributed by atoms with Crippen molar-refractivity contribution in [3.05, 3.63) is 58.8 Å². The third kappa shape index (κ3) is 4.67. The van der Waals surface area contributed by atoms with Gasteiger partial charge in [-0.1, -0.05) is 18.5 Å². The fraction of sp³-hybridized carbons (Fsp3) is 0.381. The van der Waals surface area contributed by atoms with Gasteiger partial charge >= 0.3 is 0 Å². The zero-order valence-corrected chi connectivity index (χ0v) is 18.5. The van der Waals surface area contributed by atoms with Crippen molar-refractivity contribution in [2.75, 3.05) is 24.7 Å². The highest BCUT2D eigenvalue weighted by molar-refractivity contribution is 6.31. The van der Waals surface area contributed by atoms with Crippen LogP contribution in [0.1, 0.15) is 35.7 Å². The van der Waals surface area contributed by atoms with Crippen molar-refractivity contribution < 1.29 is 9.63 Å². The van der Waals surface area contributed by atoms with E-state index in [1.165, 1.54) is 4.80 Å². The van der Waals surface area contributed by atoms with Gasteiger partial charge in [0.1, 0.15) is 11.9 Å². The van der Waals surface area contributed by atoms with Gasteiger partial charge in [-0.25, -0.2) is 15.0 Å².